The molecule has 0 saturated heterocycles. The van der Waals surface area contributed by atoms with Crippen LogP contribution < -0.4 is 0 Å². The van der Waals surface area contributed by atoms with E-state index in [0.29, 0.717) is 11.3 Å². The summed E-state index contributed by atoms with van der Waals surface area (Å²) in [6, 6.07) is 42.7. The number of para-hydroxylation sites is 2. The van der Waals surface area contributed by atoms with Crippen molar-refractivity contribution in [3.63, 3.8) is 0 Å². The first-order valence-corrected chi connectivity index (χ1v) is 13.9. The van der Waals surface area contributed by atoms with Gasteiger partial charge >= 0.3 is 0 Å². The average Bonchev–Trinajstić information content (AvgIpc) is 3.34. The Morgan fingerprint density at radius 1 is 0.585 bits per heavy atom. The smallest absolute Gasteiger partial charge is 0.163 e. The van der Waals surface area contributed by atoms with Gasteiger partial charge in [-0.15, -0.1) is 0 Å². The van der Waals surface area contributed by atoms with Gasteiger partial charge in [-0.3, -0.25) is 4.79 Å². The van der Waals surface area contributed by atoms with Crippen molar-refractivity contribution in [3.05, 3.63) is 133 Å². The van der Waals surface area contributed by atoms with Crippen LogP contribution in [0.1, 0.15) is 19.4 Å². The van der Waals surface area contributed by atoms with Crippen LogP contribution in [0.3, 0.4) is 0 Å². The monoisotopic (exact) mass is 531 g/mol. The fraction of sp³-hybridized carbons (Fsp3) is 0.0789. The first-order chi connectivity index (χ1) is 20.1. The minimum atomic E-state index is -0.0115. The summed E-state index contributed by atoms with van der Waals surface area (Å²) in [6.45, 7) is 3.48. The van der Waals surface area contributed by atoms with Crippen molar-refractivity contribution in [2.45, 2.75) is 13.8 Å². The Morgan fingerprint density at radius 2 is 1.12 bits per heavy atom. The van der Waals surface area contributed by atoms with Crippen LogP contribution in [-0.2, 0) is 9.53 Å². The number of rotatable bonds is 5. The third-order valence-corrected chi connectivity index (χ3v) is 8.17. The molecule has 0 aliphatic carbocycles. The molecule has 198 valence electrons. The van der Waals surface area contributed by atoms with Gasteiger partial charge in [-0.2, -0.15) is 0 Å². The molecule has 0 aliphatic heterocycles. The number of aromatic nitrogens is 1. The van der Waals surface area contributed by atoms with E-state index in [9.17, 15) is 4.79 Å². The molecule has 7 aromatic rings. The SMILES string of the molecule is CO/C(C)=C(\C(C)=O)c1c2ccccc2c(-c2ccc3c(c2)c2ccccc2n3-c2ccccc2)c2ccccc12. The van der Waals surface area contributed by atoms with Gasteiger partial charge in [-0.25, -0.2) is 0 Å². The number of Topliss-reactive ketones (excluding diaryl/α,β-unsaturated/α-hetero) is 1. The maximum atomic E-state index is 13.0. The molecule has 0 unspecified atom stereocenters. The second-order valence-corrected chi connectivity index (χ2v) is 10.5. The zero-order valence-corrected chi connectivity index (χ0v) is 23.3. The summed E-state index contributed by atoms with van der Waals surface area (Å²) in [6.07, 6.45) is 0. The van der Waals surface area contributed by atoms with Crippen molar-refractivity contribution in [2.24, 2.45) is 0 Å². The van der Waals surface area contributed by atoms with Gasteiger partial charge in [0.15, 0.2) is 5.78 Å². The van der Waals surface area contributed by atoms with Crippen LogP contribution in [0.2, 0.25) is 0 Å². The van der Waals surface area contributed by atoms with Crippen LogP contribution >= 0.6 is 0 Å². The predicted molar refractivity (Wildman–Crippen MR) is 172 cm³/mol. The van der Waals surface area contributed by atoms with Gasteiger partial charge < -0.3 is 9.30 Å². The maximum Gasteiger partial charge on any atom is 0.163 e. The van der Waals surface area contributed by atoms with Crippen molar-refractivity contribution < 1.29 is 9.53 Å². The third kappa shape index (κ3) is 3.85. The number of fused-ring (bicyclic) bond motifs is 5. The van der Waals surface area contributed by atoms with Crippen LogP contribution in [0, 0.1) is 0 Å². The number of ether oxygens (including phenoxy) is 1. The van der Waals surface area contributed by atoms with Crippen LogP contribution in [0.5, 0.6) is 0 Å². The minimum absolute atomic E-state index is 0.0115. The maximum absolute atomic E-state index is 13.0. The van der Waals surface area contributed by atoms with Gasteiger partial charge in [0.2, 0.25) is 0 Å². The molecule has 6 aromatic carbocycles. The first-order valence-electron chi connectivity index (χ1n) is 13.9. The molecule has 1 heterocycles. The molecular formula is C38H29NO2. The summed E-state index contributed by atoms with van der Waals surface area (Å²) >= 11 is 0. The Hall–Kier alpha value is -5.15. The van der Waals surface area contributed by atoms with Crippen LogP contribution in [0.15, 0.2) is 127 Å². The molecule has 0 spiro atoms. The molecule has 7 rings (SSSR count). The van der Waals surface area contributed by atoms with E-state index in [1.54, 1.807) is 14.0 Å². The standard InChI is InChI=1S/C38H29NO2/c1-24(40)36(25(2)41-3)38-31-18-9-7-16-29(31)37(30-17-8-10-19-32(30)38)26-21-22-35-33(23-26)28-15-11-12-20-34(28)39(35)27-13-5-4-6-14-27/h4-23H,1-3H3/b36-25+. The molecule has 3 nitrogen and oxygen atoms in total. The van der Waals surface area contributed by atoms with E-state index in [0.717, 1.165) is 43.9 Å². The Labute approximate surface area is 238 Å². The highest BCUT2D eigenvalue weighted by atomic mass is 16.5. The molecule has 0 bridgehead atoms. The van der Waals surface area contributed by atoms with Gasteiger partial charge in [0, 0.05) is 22.0 Å². The summed E-state index contributed by atoms with van der Waals surface area (Å²) in [5.41, 5.74) is 7.34. The lowest BCUT2D eigenvalue weighted by molar-refractivity contribution is -0.111. The topological polar surface area (TPSA) is 31.2 Å². The molecule has 0 atom stereocenters. The molecule has 0 aliphatic rings. The number of hydrogen-bond donors (Lipinski definition) is 0. The molecule has 3 heteroatoms. The molecule has 0 fully saturated rings. The second-order valence-electron chi connectivity index (χ2n) is 10.5. The van der Waals surface area contributed by atoms with E-state index >= 15 is 0 Å². The van der Waals surface area contributed by atoms with Crippen LogP contribution in [0.25, 0.3) is 65.7 Å². The van der Waals surface area contributed by atoms with Crippen molar-refractivity contribution >= 4 is 54.7 Å². The number of hydrogen-bond acceptors (Lipinski definition) is 2. The van der Waals surface area contributed by atoms with E-state index < -0.39 is 0 Å². The number of carbonyl (C=O) groups is 1. The van der Waals surface area contributed by atoms with E-state index in [1.165, 1.54) is 21.8 Å². The molecular weight excluding hydrogens is 502 g/mol. The normalized spacial score (nSPS) is 12.3. The molecule has 1 aromatic heterocycles. The Balaban J connectivity index is 1.60. The number of ketones is 1. The zero-order valence-electron chi connectivity index (χ0n) is 23.3. The predicted octanol–water partition coefficient (Wildman–Crippen LogP) is 9.72. The average molecular weight is 532 g/mol. The highest BCUT2D eigenvalue weighted by Gasteiger charge is 2.22. The minimum Gasteiger partial charge on any atom is -0.501 e. The summed E-state index contributed by atoms with van der Waals surface area (Å²) in [4.78, 5) is 13.0. The number of allylic oxidation sites excluding steroid dienone is 2. The van der Waals surface area contributed by atoms with E-state index in [-0.39, 0.29) is 5.78 Å². The van der Waals surface area contributed by atoms with E-state index in [1.807, 2.05) is 19.1 Å². The highest BCUT2D eigenvalue weighted by molar-refractivity contribution is 6.30. The molecule has 0 radical (unpaired) electrons. The summed E-state index contributed by atoms with van der Waals surface area (Å²) in [7, 11) is 1.62. The van der Waals surface area contributed by atoms with Gasteiger partial charge in [0.25, 0.3) is 0 Å². The van der Waals surface area contributed by atoms with Gasteiger partial charge in [-0.1, -0.05) is 91.0 Å². The summed E-state index contributed by atoms with van der Waals surface area (Å²) < 4.78 is 7.96. The fourth-order valence-corrected chi connectivity index (χ4v) is 6.39. The number of carbonyl (C=O) groups excluding carboxylic acids is 1. The summed E-state index contributed by atoms with van der Waals surface area (Å²) in [5.74, 6) is 0.609. The second kappa shape index (κ2) is 9.79. The molecule has 0 N–H and O–H groups in total. The lowest BCUT2D eigenvalue weighted by Gasteiger charge is -2.19. The largest absolute Gasteiger partial charge is 0.501 e. The number of benzene rings is 6. The van der Waals surface area contributed by atoms with Gasteiger partial charge in [0.05, 0.1) is 23.7 Å². The summed E-state index contributed by atoms with van der Waals surface area (Å²) in [5, 5.41) is 6.71. The van der Waals surface area contributed by atoms with Crippen molar-refractivity contribution in [3.8, 4) is 16.8 Å². The first kappa shape index (κ1) is 24.9. The Morgan fingerprint density at radius 3 is 1.73 bits per heavy atom. The van der Waals surface area contributed by atoms with E-state index in [2.05, 4.69) is 114 Å². The zero-order chi connectivity index (χ0) is 28.1. The van der Waals surface area contributed by atoms with Gasteiger partial charge in [0.1, 0.15) is 5.76 Å². The van der Waals surface area contributed by atoms with Crippen molar-refractivity contribution in [1.29, 1.82) is 0 Å². The lowest BCUT2D eigenvalue weighted by Crippen LogP contribution is -2.03. The number of nitrogens with zero attached hydrogens (tertiary/aromatic N) is 1. The van der Waals surface area contributed by atoms with Gasteiger partial charge in [-0.05, 0) is 76.9 Å². The Kier molecular flexibility index (Phi) is 5.94. The van der Waals surface area contributed by atoms with Crippen LogP contribution in [0.4, 0.5) is 0 Å². The van der Waals surface area contributed by atoms with Crippen molar-refractivity contribution in [1.82, 2.24) is 4.57 Å². The number of methoxy groups -OCH3 is 1. The van der Waals surface area contributed by atoms with Crippen LogP contribution in [-0.4, -0.2) is 17.5 Å². The highest BCUT2D eigenvalue weighted by Crippen LogP contribution is 2.44. The quantitative estimate of drug-likeness (QED) is 0.126. The van der Waals surface area contributed by atoms with Crippen molar-refractivity contribution in [2.75, 3.05) is 7.11 Å². The lowest BCUT2D eigenvalue weighted by atomic mass is 9.84. The fourth-order valence-electron chi connectivity index (χ4n) is 6.39. The van der Waals surface area contributed by atoms with E-state index in [4.69, 9.17) is 4.74 Å². The molecule has 0 saturated carbocycles. The third-order valence-electron chi connectivity index (χ3n) is 8.17. The molecule has 41 heavy (non-hydrogen) atoms. The molecule has 0 amide bonds. The Bertz CT molecular complexity index is 2110.